The number of carbonyl (C=O) groups is 2. The molecule has 1 aliphatic rings. The number of amides is 2. The first-order chi connectivity index (χ1) is 13.6. The van der Waals surface area contributed by atoms with Gasteiger partial charge in [0.25, 0.3) is 0 Å². The third-order valence-electron chi connectivity index (χ3n) is 5.37. The van der Waals surface area contributed by atoms with Crippen LogP contribution in [0.3, 0.4) is 0 Å². The fraction of sp³-hybridized carbons (Fsp3) is 0.409. The maximum atomic E-state index is 13.5. The summed E-state index contributed by atoms with van der Waals surface area (Å²) in [5.74, 6) is -0.563. The van der Waals surface area contributed by atoms with Crippen molar-refractivity contribution >= 4 is 11.8 Å². The average Bonchev–Trinajstić information content (AvgIpc) is 3.04. The average molecular weight is 381 g/mol. The van der Waals surface area contributed by atoms with Crippen molar-refractivity contribution in [3.63, 3.8) is 0 Å². The summed E-state index contributed by atoms with van der Waals surface area (Å²) in [5.41, 5.74) is 2.98. The SMILES string of the molecule is CCN1C(=O)C[C@@H](C(=O)N(CCO)Cc2cccnc2)[C@@H]1c1ccccc1C. The number of aromatic nitrogens is 1. The molecule has 3 rings (SSSR count). The van der Waals surface area contributed by atoms with Gasteiger partial charge in [-0.05, 0) is 36.6 Å². The van der Waals surface area contributed by atoms with Crippen LogP contribution in [-0.4, -0.2) is 51.4 Å². The van der Waals surface area contributed by atoms with E-state index >= 15 is 0 Å². The first kappa shape index (κ1) is 20.0. The molecule has 0 unspecified atom stereocenters. The van der Waals surface area contributed by atoms with Crippen molar-refractivity contribution in [2.24, 2.45) is 5.92 Å². The number of aliphatic hydroxyl groups excluding tert-OH is 1. The number of carbonyl (C=O) groups excluding carboxylic acids is 2. The third-order valence-corrected chi connectivity index (χ3v) is 5.37. The molecule has 1 N–H and O–H groups in total. The van der Waals surface area contributed by atoms with E-state index in [0.29, 0.717) is 13.1 Å². The summed E-state index contributed by atoms with van der Waals surface area (Å²) in [7, 11) is 0. The van der Waals surface area contributed by atoms with Gasteiger partial charge in [-0.1, -0.05) is 30.3 Å². The standard InChI is InChI=1S/C22H27N3O3/c1-3-25-20(27)13-19(21(25)18-9-5-4-7-16(18)2)22(28)24(11-12-26)15-17-8-6-10-23-14-17/h4-10,14,19,21,26H,3,11-13,15H2,1-2H3/t19-,21+/m1/s1. The van der Waals surface area contributed by atoms with Crippen molar-refractivity contribution in [2.45, 2.75) is 32.9 Å². The summed E-state index contributed by atoms with van der Waals surface area (Å²) in [5, 5.41) is 9.50. The summed E-state index contributed by atoms with van der Waals surface area (Å²) in [6.07, 6.45) is 3.60. The van der Waals surface area contributed by atoms with Gasteiger partial charge in [-0.25, -0.2) is 0 Å². The quantitative estimate of drug-likeness (QED) is 0.799. The second-order valence-corrected chi connectivity index (χ2v) is 7.14. The zero-order chi connectivity index (χ0) is 20.1. The Labute approximate surface area is 165 Å². The Balaban J connectivity index is 1.92. The number of hydrogen-bond donors (Lipinski definition) is 1. The minimum Gasteiger partial charge on any atom is -0.395 e. The lowest BCUT2D eigenvalue weighted by Crippen LogP contribution is -2.40. The number of likely N-dealkylation sites (tertiary alicyclic amines) is 1. The lowest BCUT2D eigenvalue weighted by molar-refractivity contribution is -0.137. The van der Waals surface area contributed by atoms with Crippen molar-refractivity contribution < 1.29 is 14.7 Å². The number of nitrogens with zero attached hydrogens (tertiary/aromatic N) is 3. The van der Waals surface area contributed by atoms with Crippen LogP contribution in [0.2, 0.25) is 0 Å². The minimum absolute atomic E-state index is 0.000528. The highest BCUT2D eigenvalue weighted by Gasteiger charge is 2.45. The largest absolute Gasteiger partial charge is 0.395 e. The molecule has 1 aromatic heterocycles. The Morgan fingerprint density at radius 3 is 2.71 bits per heavy atom. The summed E-state index contributed by atoms with van der Waals surface area (Å²) >= 11 is 0. The van der Waals surface area contributed by atoms with E-state index in [-0.39, 0.29) is 37.4 Å². The van der Waals surface area contributed by atoms with Gasteiger partial charge >= 0.3 is 0 Å². The highest BCUT2D eigenvalue weighted by molar-refractivity contribution is 5.90. The monoisotopic (exact) mass is 381 g/mol. The molecular weight excluding hydrogens is 354 g/mol. The number of rotatable bonds is 7. The van der Waals surface area contributed by atoms with Gasteiger partial charge in [0.2, 0.25) is 11.8 Å². The molecule has 1 saturated heterocycles. The molecule has 2 heterocycles. The summed E-state index contributed by atoms with van der Waals surface area (Å²) in [6.45, 7) is 4.98. The van der Waals surface area contributed by atoms with Crippen molar-refractivity contribution in [3.8, 4) is 0 Å². The van der Waals surface area contributed by atoms with Crippen LogP contribution >= 0.6 is 0 Å². The Morgan fingerprint density at radius 1 is 1.29 bits per heavy atom. The van der Waals surface area contributed by atoms with Gasteiger partial charge in [-0.3, -0.25) is 14.6 Å². The number of aliphatic hydroxyl groups is 1. The lowest BCUT2D eigenvalue weighted by Gasteiger charge is -2.31. The molecule has 6 nitrogen and oxygen atoms in total. The molecule has 28 heavy (non-hydrogen) atoms. The second kappa shape index (κ2) is 8.97. The van der Waals surface area contributed by atoms with E-state index in [1.807, 2.05) is 50.2 Å². The van der Waals surface area contributed by atoms with E-state index in [1.165, 1.54) is 0 Å². The van der Waals surface area contributed by atoms with E-state index in [4.69, 9.17) is 0 Å². The van der Waals surface area contributed by atoms with Crippen LogP contribution < -0.4 is 0 Å². The smallest absolute Gasteiger partial charge is 0.229 e. The van der Waals surface area contributed by atoms with Gasteiger partial charge in [0.1, 0.15) is 0 Å². The molecule has 148 valence electrons. The normalized spacial score (nSPS) is 19.1. The predicted octanol–water partition coefficient (Wildman–Crippen LogP) is 2.32. The van der Waals surface area contributed by atoms with Gasteiger partial charge in [-0.2, -0.15) is 0 Å². The maximum absolute atomic E-state index is 13.5. The molecular formula is C22H27N3O3. The van der Waals surface area contributed by atoms with Gasteiger partial charge < -0.3 is 14.9 Å². The van der Waals surface area contributed by atoms with E-state index in [1.54, 1.807) is 22.2 Å². The predicted molar refractivity (Wildman–Crippen MR) is 106 cm³/mol. The van der Waals surface area contributed by atoms with Crippen LogP contribution in [0.25, 0.3) is 0 Å². The first-order valence-corrected chi connectivity index (χ1v) is 9.70. The van der Waals surface area contributed by atoms with Crippen LogP contribution in [0.5, 0.6) is 0 Å². The van der Waals surface area contributed by atoms with E-state index in [9.17, 15) is 14.7 Å². The molecule has 6 heteroatoms. The van der Waals surface area contributed by atoms with E-state index in [2.05, 4.69) is 4.98 Å². The molecule has 0 aliphatic carbocycles. The van der Waals surface area contributed by atoms with Gasteiger partial charge in [0, 0.05) is 38.4 Å². The topological polar surface area (TPSA) is 73.7 Å². The Hall–Kier alpha value is -2.73. The van der Waals surface area contributed by atoms with Gasteiger partial charge in [0.05, 0.1) is 18.6 Å². The molecule has 2 aromatic rings. The van der Waals surface area contributed by atoms with Crippen molar-refractivity contribution in [1.82, 2.24) is 14.8 Å². The van der Waals surface area contributed by atoms with Crippen molar-refractivity contribution in [2.75, 3.05) is 19.7 Å². The second-order valence-electron chi connectivity index (χ2n) is 7.14. The fourth-order valence-electron chi connectivity index (χ4n) is 4.02. The van der Waals surface area contributed by atoms with Crippen LogP contribution in [0.4, 0.5) is 0 Å². The zero-order valence-corrected chi connectivity index (χ0v) is 16.4. The summed E-state index contributed by atoms with van der Waals surface area (Å²) < 4.78 is 0. The number of hydrogen-bond acceptors (Lipinski definition) is 4. The van der Waals surface area contributed by atoms with Crippen LogP contribution in [0, 0.1) is 12.8 Å². The molecule has 0 radical (unpaired) electrons. The van der Waals surface area contributed by atoms with E-state index in [0.717, 1.165) is 16.7 Å². The Morgan fingerprint density at radius 2 is 2.07 bits per heavy atom. The van der Waals surface area contributed by atoms with Crippen LogP contribution in [-0.2, 0) is 16.1 Å². The van der Waals surface area contributed by atoms with E-state index < -0.39 is 5.92 Å². The summed E-state index contributed by atoms with van der Waals surface area (Å²) in [6, 6.07) is 11.4. The highest BCUT2D eigenvalue weighted by atomic mass is 16.3. The molecule has 0 spiro atoms. The van der Waals surface area contributed by atoms with Crippen LogP contribution in [0.1, 0.15) is 36.1 Å². The maximum Gasteiger partial charge on any atom is 0.229 e. The number of aryl methyl sites for hydroxylation is 1. The minimum atomic E-state index is -0.461. The number of benzene rings is 1. The molecule has 1 aliphatic heterocycles. The van der Waals surface area contributed by atoms with Crippen molar-refractivity contribution in [3.05, 3.63) is 65.5 Å². The molecule has 0 saturated carbocycles. The molecule has 0 bridgehead atoms. The zero-order valence-electron chi connectivity index (χ0n) is 16.4. The van der Waals surface area contributed by atoms with Gasteiger partial charge in [-0.15, -0.1) is 0 Å². The lowest BCUT2D eigenvalue weighted by atomic mass is 9.89. The molecule has 1 aromatic carbocycles. The molecule has 2 amide bonds. The Bertz CT molecular complexity index is 825. The highest BCUT2D eigenvalue weighted by Crippen LogP contribution is 2.40. The fourth-order valence-corrected chi connectivity index (χ4v) is 4.02. The molecule has 2 atom stereocenters. The Kier molecular flexibility index (Phi) is 6.41. The number of pyridine rings is 1. The third kappa shape index (κ3) is 4.07. The molecule has 1 fully saturated rings. The summed E-state index contributed by atoms with van der Waals surface area (Å²) in [4.78, 5) is 33.6. The van der Waals surface area contributed by atoms with Crippen molar-refractivity contribution in [1.29, 1.82) is 0 Å². The van der Waals surface area contributed by atoms with Crippen LogP contribution in [0.15, 0.2) is 48.8 Å². The van der Waals surface area contributed by atoms with Gasteiger partial charge in [0.15, 0.2) is 0 Å². The first-order valence-electron chi connectivity index (χ1n) is 9.70.